The minimum atomic E-state index is -1.05. The maximum atomic E-state index is 13.6. The average molecular weight is 410 g/mol. The zero-order chi connectivity index (χ0) is 22.0. The van der Waals surface area contributed by atoms with Crippen LogP contribution in [0.2, 0.25) is 0 Å². The molecule has 154 valence electrons. The van der Waals surface area contributed by atoms with Gasteiger partial charge in [-0.25, -0.2) is 0 Å². The van der Waals surface area contributed by atoms with Crippen molar-refractivity contribution < 1.29 is 19.5 Å². The lowest BCUT2D eigenvalue weighted by Gasteiger charge is -2.35. The van der Waals surface area contributed by atoms with Gasteiger partial charge in [-0.1, -0.05) is 78.4 Å². The van der Waals surface area contributed by atoms with Crippen LogP contribution in [0.5, 0.6) is 5.75 Å². The normalized spacial score (nSPS) is 20.7. The van der Waals surface area contributed by atoms with Crippen LogP contribution in [0.25, 0.3) is 0 Å². The molecule has 0 radical (unpaired) electrons. The highest BCUT2D eigenvalue weighted by molar-refractivity contribution is 6.17. The van der Waals surface area contributed by atoms with Gasteiger partial charge in [-0.2, -0.15) is 0 Å². The number of hydrogen-bond donors (Lipinski definition) is 1. The van der Waals surface area contributed by atoms with Crippen LogP contribution in [0.4, 0.5) is 0 Å². The summed E-state index contributed by atoms with van der Waals surface area (Å²) in [6, 6.07) is 24.0. The van der Waals surface area contributed by atoms with Gasteiger partial charge in [0.2, 0.25) is 0 Å². The second-order valence-electron chi connectivity index (χ2n) is 7.83. The van der Waals surface area contributed by atoms with Crippen molar-refractivity contribution in [1.29, 1.82) is 0 Å². The van der Waals surface area contributed by atoms with Crippen LogP contribution in [0.1, 0.15) is 39.1 Å². The predicted octanol–water partition coefficient (Wildman–Crippen LogP) is 5.00. The Bertz CT molecular complexity index is 1160. The Hall–Kier alpha value is -3.79. The SMILES string of the molecule is CC1=CC(=O)C(C(=O)c2ccccc2)C(c2cccc(O)c2)C1C(=O)c1ccccc1. The third kappa shape index (κ3) is 3.97. The van der Waals surface area contributed by atoms with E-state index in [1.54, 1.807) is 73.7 Å². The summed E-state index contributed by atoms with van der Waals surface area (Å²) in [6.07, 6.45) is 1.43. The van der Waals surface area contributed by atoms with E-state index in [4.69, 9.17) is 0 Å². The number of allylic oxidation sites excluding steroid dienone is 2. The molecule has 3 unspecified atom stereocenters. The van der Waals surface area contributed by atoms with Gasteiger partial charge < -0.3 is 5.11 Å². The van der Waals surface area contributed by atoms with Gasteiger partial charge in [0.25, 0.3) is 0 Å². The molecule has 3 atom stereocenters. The summed E-state index contributed by atoms with van der Waals surface area (Å²) in [4.78, 5) is 40.2. The highest BCUT2D eigenvalue weighted by Gasteiger charge is 2.46. The van der Waals surface area contributed by atoms with Gasteiger partial charge in [0.05, 0.1) is 11.8 Å². The van der Waals surface area contributed by atoms with Crippen molar-refractivity contribution in [2.75, 3.05) is 0 Å². The summed E-state index contributed by atoms with van der Waals surface area (Å²) in [7, 11) is 0. The number of ketones is 3. The molecular formula is C27H22O4. The molecule has 0 saturated carbocycles. The first kappa shape index (κ1) is 20.5. The van der Waals surface area contributed by atoms with Crippen molar-refractivity contribution in [3.05, 3.63) is 113 Å². The van der Waals surface area contributed by atoms with E-state index in [0.717, 1.165) is 0 Å². The molecule has 4 nitrogen and oxygen atoms in total. The summed E-state index contributed by atoms with van der Waals surface area (Å²) < 4.78 is 0. The summed E-state index contributed by atoms with van der Waals surface area (Å²) >= 11 is 0. The van der Waals surface area contributed by atoms with Crippen LogP contribution in [-0.4, -0.2) is 22.5 Å². The van der Waals surface area contributed by atoms with Crippen molar-refractivity contribution in [3.63, 3.8) is 0 Å². The Kier molecular flexibility index (Phi) is 5.63. The molecule has 1 aliphatic carbocycles. The lowest BCUT2D eigenvalue weighted by molar-refractivity contribution is -0.118. The quantitative estimate of drug-likeness (QED) is 0.474. The number of hydrogen-bond acceptors (Lipinski definition) is 4. The number of carbonyl (C=O) groups excluding carboxylic acids is 3. The Labute approximate surface area is 180 Å². The number of rotatable bonds is 5. The zero-order valence-corrected chi connectivity index (χ0v) is 17.1. The summed E-state index contributed by atoms with van der Waals surface area (Å²) in [6.45, 7) is 1.75. The van der Waals surface area contributed by atoms with Crippen LogP contribution in [0, 0.1) is 11.8 Å². The molecule has 31 heavy (non-hydrogen) atoms. The topological polar surface area (TPSA) is 71.4 Å². The third-order valence-electron chi connectivity index (χ3n) is 5.82. The van der Waals surface area contributed by atoms with Crippen LogP contribution >= 0.6 is 0 Å². The fourth-order valence-corrected chi connectivity index (χ4v) is 4.40. The van der Waals surface area contributed by atoms with Crippen LogP contribution in [0.15, 0.2) is 96.6 Å². The fourth-order valence-electron chi connectivity index (χ4n) is 4.40. The van der Waals surface area contributed by atoms with Crippen molar-refractivity contribution in [3.8, 4) is 5.75 Å². The second-order valence-corrected chi connectivity index (χ2v) is 7.83. The molecule has 0 spiro atoms. The van der Waals surface area contributed by atoms with E-state index < -0.39 is 17.8 Å². The van der Waals surface area contributed by atoms with Gasteiger partial charge in [-0.3, -0.25) is 14.4 Å². The molecule has 3 aromatic rings. The van der Waals surface area contributed by atoms with E-state index in [0.29, 0.717) is 22.3 Å². The average Bonchev–Trinajstić information content (AvgIpc) is 2.79. The molecule has 4 heteroatoms. The van der Waals surface area contributed by atoms with E-state index >= 15 is 0 Å². The molecule has 4 rings (SSSR count). The molecular weight excluding hydrogens is 388 g/mol. The Morgan fingerprint density at radius 2 is 1.29 bits per heavy atom. The van der Waals surface area contributed by atoms with E-state index in [-0.39, 0.29) is 23.1 Å². The molecule has 1 aliphatic rings. The van der Waals surface area contributed by atoms with Crippen molar-refractivity contribution in [2.45, 2.75) is 12.8 Å². The van der Waals surface area contributed by atoms with E-state index in [1.165, 1.54) is 18.2 Å². The summed E-state index contributed by atoms with van der Waals surface area (Å²) in [5.41, 5.74) is 2.14. The molecule has 0 fully saturated rings. The van der Waals surface area contributed by atoms with E-state index in [1.807, 2.05) is 6.07 Å². The predicted molar refractivity (Wildman–Crippen MR) is 118 cm³/mol. The van der Waals surface area contributed by atoms with Crippen LogP contribution in [-0.2, 0) is 4.79 Å². The zero-order valence-electron chi connectivity index (χ0n) is 17.1. The number of carbonyl (C=O) groups is 3. The number of benzene rings is 3. The van der Waals surface area contributed by atoms with Crippen LogP contribution < -0.4 is 0 Å². The minimum Gasteiger partial charge on any atom is -0.508 e. The number of Topliss-reactive ketones (excluding diaryl/α,β-unsaturated/α-hetero) is 2. The molecule has 0 heterocycles. The molecule has 0 aliphatic heterocycles. The molecule has 0 amide bonds. The third-order valence-corrected chi connectivity index (χ3v) is 5.82. The summed E-state index contributed by atoms with van der Waals surface area (Å²) in [5.74, 6) is -3.24. The Morgan fingerprint density at radius 3 is 1.84 bits per heavy atom. The minimum absolute atomic E-state index is 0.0222. The Balaban J connectivity index is 1.88. The summed E-state index contributed by atoms with van der Waals surface area (Å²) in [5, 5.41) is 10.1. The lowest BCUT2D eigenvalue weighted by Crippen LogP contribution is -2.40. The maximum Gasteiger partial charge on any atom is 0.174 e. The van der Waals surface area contributed by atoms with Crippen molar-refractivity contribution in [1.82, 2.24) is 0 Å². The Morgan fingerprint density at radius 1 is 0.742 bits per heavy atom. The van der Waals surface area contributed by atoms with Gasteiger partial charge in [-0.05, 0) is 30.7 Å². The maximum absolute atomic E-state index is 13.6. The number of phenols is 1. The van der Waals surface area contributed by atoms with E-state index in [2.05, 4.69) is 0 Å². The highest BCUT2D eigenvalue weighted by atomic mass is 16.3. The number of aromatic hydroxyl groups is 1. The van der Waals surface area contributed by atoms with Gasteiger partial charge >= 0.3 is 0 Å². The van der Waals surface area contributed by atoms with Gasteiger partial charge in [-0.15, -0.1) is 0 Å². The van der Waals surface area contributed by atoms with Crippen LogP contribution in [0.3, 0.4) is 0 Å². The molecule has 0 saturated heterocycles. The van der Waals surface area contributed by atoms with Gasteiger partial charge in [0.1, 0.15) is 5.75 Å². The largest absolute Gasteiger partial charge is 0.508 e. The fraction of sp³-hybridized carbons (Fsp3) is 0.148. The first-order valence-electron chi connectivity index (χ1n) is 10.2. The van der Waals surface area contributed by atoms with Crippen molar-refractivity contribution in [2.24, 2.45) is 11.8 Å². The van der Waals surface area contributed by atoms with Gasteiger partial charge in [0.15, 0.2) is 17.3 Å². The molecule has 0 bridgehead atoms. The first-order chi connectivity index (χ1) is 15.0. The number of phenolic OH excluding ortho intramolecular Hbond substituents is 1. The molecule has 1 N–H and O–H groups in total. The standard InChI is InChI=1S/C27H22O4/c1-17-15-22(29)25(27(31)19-11-6-3-7-12-19)24(20-13-8-14-21(28)16-20)23(17)26(30)18-9-4-2-5-10-18/h2-16,23-25,28H,1H3. The monoisotopic (exact) mass is 410 g/mol. The van der Waals surface area contributed by atoms with Crippen molar-refractivity contribution >= 4 is 17.3 Å². The highest BCUT2D eigenvalue weighted by Crippen LogP contribution is 2.44. The molecule has 3 aromatic carbocycles. The lowest BCUT2D eigenvalue weighted by atomic mass is 9.64. The molecule has 0 aromatic heterocycles. The van der Waals surface area contributed by atoms with Gasteiger partial charge in [0, 0.05) is 17.0 Å². The smallest absolute Gasteiger partial charge is 0.174 e. The first-order valence-corrected chi connectivity index (χ1v) is 10.2. The van der Waals surface area contributed by atoms with E-state index in [9.17, 15) is 19.5 Å². The second kappa shape index (κ2) is 8.52.